The Kier molecular flexibility index (Phi) is 5.40. The number of ether oxygens (including phenoxy) is 2. The molecule has 2 rings (SSSR count). The molecule has 112 valence electrons. The summed E-state index contributed by atoms with van der Waals surface area (Å²) in [5.74, 6) is 1.43. The first-order chi connectivity index (χ1) is 10.2. The highest BCUT2D eigenvalue weighted by Crippen LogP contribution is 2.18. The van der Waals surface area contributed by atoms with Crippen LogP contribution in [0.3, 0.4) is 0 Å². The van der Waals surface area contributed by atoms with Crippen LogP contribution in [0.15, 0.2) is 40.8 Å². The van der Waals surface area contributed by atoms with Crippen LogP contribution in [0.5, 0.6) is 5.75 Å². The van der Waals surface area contributed by atoms with Crippen molar-refractivity contribution in [1.82, 2.24) is 5.32 Å². The Morgan fingerprint density at radius 3 is 2.81 bits per heavy atom. The Morgan fingerprint density at radius 1 is 1.24 bits per heavy atom. The number of benzene rings is 1. The van der Waals surface area contributed by atoms with Crippen molar-refractivity contribution < 1.29 is 18.7 Å². The summed E-state index contributed by atoms with van der Waals surface area (Å²) in [5, 5.41) is 2.70. The van der Waals surface area contributed by atoms with Gasteiger partial charge >= 0.3 is 0 Å². The quantitative estimate of drug-likeness (QED) is 0.796. The lowest BCUT2D eigenvalue weighted by molar-refractivity contribution is 0.0905. The fourth-order valence-electron chi connectivity index (χ4n) is 1.80. The molecule has 1 amide bonds. The summed E-state index contributed by atoms with van der Waals surface area (Å²) < 4.78 is 16.0. The molecule has 1 heterocycles. The second-order valence-corrected chi connectivity index (χ2v) is 4.57. The van der Waals surface area contributed by atoms with Crippen LogP contribution in [0.2, 0.25) is 0 Å². The first-order valence-corrected chi connectivity index (χ1v) is 6.75. The smallest absolute Gasteiger partial charge is 0.287 e. The van der Waals surface area contributed by atoms with E-state index < -0.39 is 0 Å². The molecular weight excluding hydrogens is 270 g/mol. The van der Waals surface area contributed by atoms with E-state index in [9.17, 15) is 4.79 Å². The van der Waals surface area contributed by atoms with Crippen LogP contribution >= 0.6 is 0 Å². The molecule has 1 aromatic carbocycles. The van der Waals surface area contributed by atoms with Crippen molar-refractivity contribution in [2.45, 2.75) is 13.5 Å². The summed E-state index contributed by atoms with van der Waals surface area (Å²) in [6.07, 6.45) is 0. The van der Waals surface area contributed by atoms with Gasteiger partial charge in [0.05, 0.1) is 6.61 Å². The molecule has 0 radical (unpaired) electrons. The van der Waals surface area contributed by atoms with Crippen molar-refractivity contribution in [3.8, 4) is 5.75 Å². The largest absolute Gasteiger partial charge is 0.485 e. The van der Waals surface area contributed by atoms with Gasteiger partial charge < -0.3 is 19.2 Å². The van der Waals surface area contributed by atoms with E-state index in [2.05, 4.69) is 5.32 Å². The number of para-hydroxylation sites is 1. The number of carbonyl (C=O) groups is 1. The van der Waals surface area contributed by atoms with Crippen LogP contribution in [0.4, 0.5) is 0 Å². The van der Waals surface area contributed by atoms with Crippen molar-refractivity contribution in [1.29, 1.82) is 0 Å². The van der Waals surface area contributed by atoms with Gasteiger partial charge in [-0.3, -0.25) is 4.79 Å². The van der Waals surface area contributed by atoms with Crippen molar-refractivity contribution in [2.75, 3.05) is 20.3 Å². The van der Waals surface area contributed by atoms with Crippen LogP contribution in [0.1, 0.15) is 21.9 Å². The van der Waals surface area contributed by atoms with Gasteiger partial charge in [-0.15, -0.1) is 0 Å². The van der Waals surface area contributed by atoms with Gasteiger partial charge in [-0.2, -0.15) is 0 Å². The molecule has 5 nitrogen and oxygen atoms in total. The van der Waals surface area contributed by atoms with Crippen molar-refractivity contribution in [3.63, 3.8) is 0 Å². The lowest BCUT2D eigenvalue weighted by Gasteiger charge is -2.06. The molecule has 0 unspecified atom stereocenters. The minimum Gasteiger partial charge on any atom is -0.485 e. The van der Waals surface area contributed by atoms with Gasteiger partial charge in [-0.1, -0.05) is 18.2 Å². The number of hydrogen-bond donors (Lipinski definition) is 1. The monoisotopic (exact) mass is 289 g/mol. The molecule has 0 saturated carbocycles. The molecule has 0 saturated heterocycles. The zero-order valence-electron chi connectivity index (χ0n) is 12.2. The van der Waals surface area contributed by atoms with E-state index in [1.165, 1.54) is 0 Å². The van der Waals surface area contributed by atoms with Gasteiger partial charge in [-0.25, -0.2) is 0 Å². The average molecular weight is 289 g/mol. The van der Waals surface area contributed by atoms with Crippen LogP contribution in [-0.2, 0) is 11.3 Å². The molecule has 0 aliphatic carbocycles. The maximum atomic E-state index is 11.8. The average Bonchev–Trinajstić information content (AvgIpc) is 2.95. The molecule has 0 aliphatic heterocycles. The van der Waals surface area contributed by atoms with Crippen LogP contribution in [0.25, 0.3) is 0 Å². The van der Waals surface area contributed by atoms with E-state index in [-0.39, 0.29) is 18.3 Å². The third kappa shape index (κ3) is 4.36. The maximum Gasteiger partial charge on any atom is 0.287 e. The van der Waals surface area contributed by atoms with Crippen molar-refractivity contribution in [2.24, 2.45) is 0 Å². The standard InChI is InChI=1S/C16H19NO4/c1-12-5-3-4-6-14(12)20-11-13-7-8-15(21-13)16(18)17-9-10-19-2/h3-8H,9-11H2,1-2H3,(H,17,18). The Labute approximate surface area is 123 Å². The van der Waals surface area contributed by atoms with Crippen molar-refractivity contribution in [3.05, 3.63) is 53.5 Å². The van der Waals surface area contributed by atoms with Gasteiger partial charge in [0.1, 0.15) is 18.1 Å². The topological polar surface area (TPSA) is 60.7 Å². The minimum absolute atomic E-state index is 0.255. The first kappa shape index (κ1) is 15.1. The van der Waals surface area contributed by atoms with E-state index >= 15 is 0 Å². The zero-order valence-corrected chi connectivity index (χ0v) is 12.2. The molecule has 0 aliphatic rings. The number of aryl methyl sites for hydroxylation is 1. The SMILES string of the molecule is COCCNC(=O)c1ccc(COc2ccccc2C)o1. The lowest BCUT2D eigenvalue weighted by atomic mass is 10.2. The molecule has 2 aromatic rings. The fraction of sp³-hybridized carbons (Fsp3) is 0.312. The van der Waals surface area contributed by atoms with E-state index in [1.54, 1.807) is 19.2 Å². The minimum atomic E-state index is -0.255. The zero-order chi connectivity index (χ0) is 15.1. The molecule has 1 aromatic heterocycles. The second kappa shape index (κ2) is 7.50. The predicted molar refractivity (Wildman–Crippen MR) is 78.4 cm³/mol. The number of carbonyl (C=O) groups excluding carboxylic acids is 1. The highest BCUT2D eigenvalue weighted by Gasteiger charge is 2.11. The Balaban J connectivity index is 1.88. The number of furan rings is 1. The van der Waals surface area contributed by atoms with Gasteiger partial charge in [0.25, 0.3) is 5.91 Å². The molecular formula is C16H19NO4. The van der Waals surface area contributed by atoms with E-state index in [0.717, 1.165) is 11.3 Å². The van der Waals surface area contributed by atoms with E-state index in [4.69, 9.17) is 13.9 Å². The molecule has 0 fully saturated rings. The molecule has 1 N–H and O–H groups in total. The highest BCUT2D eigenvalue weighted by atomic mass is 16.5. The molecule has 0 spiro atoms. The number of amides is 1. The lowest BCUT2D eigenvalue weighted by Crippen LogP contribution is -2.26. The molecule has 0 atom stereocenters. The number of rotatable bonds is 7. The van der Waals surface area contributed by atoms with Crippen LogP contribution in [0, 0.1) is 6.92 Å². The van der Waals surface area contributed by atoms with Gasteiger partial charge in [-0.05, 0) is 30.7 Å². The van der Waals surface area contributed by atoms with E-state index in [0.29, 0.717) is 18.9 Å². The molecule has 0 bridgehead atoms. The normalized spacial score (nSPS) is 10.4. The second-order valence-electron chi connectivity index (χ2n) is 4.57. The molecule has 5 heteroatoms. The van der Waals surface area contributed by atoms with Crippen molar-refractivity contribution >= 4 is 5.91 Å². The fourth-order valence-corrected chi connectivity index (χ4v) is 1.80. The van der Waals surface area contributed by atoms with Gasteiger partial charge in [0, 0.05) is 13.7 Å². The summed E-state index contributed by atoms with van der Waals surface area (Å²) in [7, 11) is 1.58. The Hall–Kier alpha value is -2.27. The number of methoxy groups -OCH3 is 1. The Bertz CT molecular complexity index is 591. The third-order valence-corrected chi connectivity index (χ3v) is 2.94. The maximum absolute atomic E-state index is 11.8. The summed E-state index contributed by atoms with van der Waals surface area (Å²) in [6.45, 7) is 3.18. The third-order valence-electron chi connectivity index (χ3n) is 2.94. The summed E-state index contributed by atoms with van der Waals surface area (Å²) in [5.41, 5.74) is 1.06. The highest BCUT2D eigenvalue weighted by molar-refractivity contribution is 5.91. The van der Waals surface area contributed by atoms with Gasteiger partial charge in [0.2, 0.25) is 0 Å². The summed E-state index contributed by atoms with van der Waals surface area (Å²) in [4.78, 5) is 11.8. The Morgan fingerprint density at radius 2 is 2.05 bits per heavy atom. The number of hydrogen-bond acceptors (Lipinski definition) is 4. The summed E-state index contributed by atoms with van der Waals surface area (Å²) >= 11 is 0. The summed E-state index contributed by atoms with van der Waals surface area (Å²) in [6, 6.07) is 11.1. The van der Waals surface area contributed by atoms with E-state index in [1.807, 2.05) is 31.2 Å². The predicted octanol–water partition coefficient (Wildman–Crippen LogP) is 2.54. The molecule has 21 heavy (non-hydrogen) atoms. The van der Waals surface area contributed by atoms with Crippen LogP contribution < -0.4 is 10.1 Å². The first-order valence-electron chi connectivity index (χ1n) is 6.75. The number of nitrogens with one attached hydrogen (secondary N) is 1. The van der Waals surface area contributed by atoms with Crippen LogP contribution in [-0.4, -0.2) is 26.2 Å². The van der Waals surface area contributed by atoms with Gasteiger partial charge in [0.15, 0.2) is 5.76 Å².